The Morgan fingerprint density at radius 2 is 2.17 bits per heavy atom. The van der Waals surface area contributed by atoms with E-state index in [9.17, 15) is 8.78 Å². The first-order valence-corrected chi connectivity index (χ1v) is 6.21. The van der Waals surface area contributed by atoms with Crippen LogP contribution in [0.1, 0.15) is 11.3 Å². The van der Waals surface area contributed by atoms with Crippen molar-refractivity contribution in [1.82, 2.24) is 4.98 Å². The van der Waals surface area contributed by atoms with Crippen LogP contribution in [0.2, 0.25) is 0 Å². The molecule has 94 valence electrons. The highest BCUT2D eigenvalue weighted by Crippen LogP contribution is 2.35. The van der Waals surface area contributed by atoms with Crippen molar-refractivity contribution in [1.29, 1.82) is 0 Å². The summed E-state index contributed by atoms with van der Waals surface area (Å²) in [7, 11) is 0. The van der Waals surface area contributed by atoms with Crippen molar-refractivity contribution < 1.29 is 13.5 Å². The summed E-state index contributed by atoms with van der Waals surface area (Å²) in [5.41, 5.74) is 7.47. The molecule has 0 saturated heterocycles. The maximum Gasteiger partial charge on any atom is 0.150 e. The van der Waals surface area contributed by atoms with E-state index in [1.165, 1.54) is 0 Å². The molecule has 0 radical (unpaired) electrons. The molecule has 2 N–H and O–H groups in total. The molecule has 3 rings (SSSR count). The summed E-state index contributed by atoms with van der Waals surface area (Å²) in [5.74, 6) is -1.18. The van der Waals surface area contributed by atoms with Crippen LogP contribution in [0, 0.1) is 11.6 Å². The molecule has 1 aromatic carbocycles. The van der Waals surface area contributed by atoms with Gasteiger partial charge in [0.1, 0.15) is 11.3 Å². The molecular weight excluding hydrogens is 306 g/mol. The van der Waals surface area contributed by atoms with Gasteiger partial charge >= 0.3 is 0 Å². The number of ether oxygens (including phenoxy) is 1. The molecule has 1 aromatic heterocycles. The topological polar surface area (TPSA) is 48.1 Å². The fourth-order valence-electron chi connectivity index (χ4n) is 2.16. The van der Waals surface area contributed by atoms with E-state index in [1.807, 2.05) is 0 Å². The molecule has 0 bridgehead atoms. The number of aromatic nitrogens is 1. The van der Waals surface area contributed by atoms with E-state index in [2.05, 4.69) is 20.9 Å². The largest absolute Gasteiger partial charge is 0.398 e. The fourth-order valence-corrected chi connectivity index (χ4v) is 2.56. The van der Waals surface area contributed by atoms with E-state index in [0.29, 0.717) is 24.3 Å². The van der Waals surface area contributed by atoms with Gasteiger partial charge in [-0.15, -0.1) is 0 Å². The molecule has 0 atom stereocenters. The molecule has 2 heterocycles. The van der Waals surface area contributed by atoms with Gasteiger partial charge in [-0.1, -0.05) is 0 Å². The number of halogens is 3. The van der Waals surface area contributed by atoms with Crippen LogP contribution in [0.25, 0.3) is 10.9 Å². The number of nitrogens with zero attached hydrogens (tertiary/aromatic N) is 1. The number of pyridine rings is 1. The van der Waals surface area contributed by atoms with Crippen LogP contribution in [0.3, 0.4) is 0 Å². The Kier molecular flexibility index (Phi) is 2.71. The van der Waals surface area contributed by atoms with E-state index < -0.39 is 11.6 Å². The molecule has 2 aromatic rings. The lowest BCUT2D eigenvalue weighted by Gasteiger charge is -2.19. The van der Waals surface area contributed by atoms with E-state index in [1.54, 1.807) is 0 Å². The van der Waals surface area contributed by atoms with Crippen molar-refractivity contribution in [3.8, 4) is 0 Å². The normalized spacial score (nSPS) is 14.8. The average molecular weight is 315 g/mol. The van der Waals surface area contributed by atoms with E-state index in [0.717, 1.165) is 6.07 Å². The number of rotatable bonds is 0. The van der Waals surface area contributed by atoms with Crippen LogP contribution < -0.4 is 5.73 Å². The zero-order chi connectivity index (χ0) is 12.9. The molecule has 0 spiro atoms. The molecule has 0 aliphatic carbocycles. The van der Waals surface area contributed by atoms with Gasteiger partial charge in [0.15, 0.2) is 5.82 Å². The Bertz CT molecular complexity index is 661. The first kappa shape index (κ1) is 11.8. The maximum atomic E-state index is 14.0. The molecule has 1 aliphatic rings. The van der Waals surface area contributed by atoms with Crippen molar-refractivity contribution in [2.45, 2.75) is 13.0 Å². The van der Waals surface area contributed by atoms with Crippen LogP contribution in [-0.2, 0) is 17.8 Å². The highest BCUT2D eigenvalue weighted by atomic mass is 79.9. The predicted octanol–water partition coefficient (Wildman–Crippen LogP) is 2.93. The molecule has 18 heavy (non-hydrogen) atoms. The SMILES string of the molecule is Nc1c2c(nc3c(F)cc(Br)c(F)c13)CCOC2. The number of benzene rings is 1. The lowest BCUT2D eigenvalue weighted by Crippen LogP contribution is -2.15. The van der Waals surface area contributed by atoms with Gasteiger partial charge in [-0.3, -0.25) is 0 Å². The van der Waals surface area contributed by atoms with Gasteiger partial charge < -0.3 is 10.5 Å². The van der Waals surface area contributed by atoms with E-state index >= 15 is 0 Å². The monoisotopic (exact) mass is 314 g/mol. The van der Waals surface area contributed by atoms with Gasteiger partial charge in [0.05, 0.1) is 34.5 Å². The van der Waals surface area contributed by atoms with Crippen molar-refractivity contribution in [2.75, 3.05) is 12.3 Å². The Hall–Kier alpha value is -1.27. The van der Waals surface area contributed by atoms with Crippen molar-refractivity contribution in [2.24, 2.45) is 0 Å². The molecule has 0 fully saturated rings. The van der Waals surface area contributed by atoms with E-state index in [4.69, 9.17) is 10.5 Å². The molecule has 0 saturated carbocycles. The first-order valence-electron chi connectivity index (χ1n) is 5.41. The minimum atomic E-state index is -0.593. The molecule has 6 heteroatoms. The minimum Gasteiger partial charge on any atom is -0.398 e. The summed E-state index contributed by atoms with van der Waals surface area (Å²) in [5, 5.41) is 0.0196. The Balaban J connectivity index is 2.46. The lowest BCUT2D eigenvalue weighted by atomic mass is 10.0. The zero-order valence-electron chi connectivity index (χ0n) is 9.27. The lowest BCUT2D eigenvalue weighted by molar-refractivity contribution is 0.110. The quantitative estimate of drug-likeness (QED) is 0.761. The molecule has 1 aliphatic heterocycles. The smallest absolute Gasteiger partial charge is 0.150 e. The summed E-state index contributed by atoms with van der Waals surface area (Å²) in [6, 6.07) is 1.07. The molecule has 0 unspecified atom stereocenters. The number of anilines is 1. The van der Waals surface area contributed by atoms with Crippen LogP contribution in [0.15, 0.2) is 10.5 Å². The van der Waals surface area contributed by atoms with Crippen molar-refractivity contribution in [3.63, 3.8) is 0 Å². The first-order chi connectivity index (χ1) is 8.59. The number of nitrogens with two attached hydrogens (primary N) is 1. The van der Waals surface area contributed by atoms with Crippen LogP contribution in [0.5, 0.6) is 0 Å². The van der Waals surface area contributed by atoms with Gasteiger partial charge in [-0.2, -0.15) is 0 Å². The summed E-state index contributed by atoms with van der Waals surface area (Å²) in [4.78, 5) is 4.18. The summed E-state index contributed by atoms with van der Waals surface area (Å²) in [6.07, 6.45) is 0.562. The molecule has 3 nitrogen and oxygen atoms in total. The standard InChI is InChI=1S/C12H9BrF2N2O/c13-6-3-7(14)12-9(10(6)15)11(16)5-4-18-2-1-8(5)17-12/h3H,1-2,4H2,(H2,16,17). The zero-order valence-corrected chi connectivity index (χ0v) is 10.9. The summed E-state index contributed by atoms with van der Waals surface area (Å²) < 4.78 is 33.2. The van der Waals surface area contributed by atoms with Gasteiger partial charge in [-0.05, 0) is 22.0 Å². The van der Waals surface area contributed by atoms with Crippen LogP contribution in [-0.4, -0.2) is 11.6 Å². The van der Waals surface area contributed by atoms with Crippen LogP contribution >= 0.6 is 15.9 Å². The minimum absolute atomic E-state index is 0.0196. The van der Waals surface area contributed by atoms with Gasteiger partial charge in [0.2, 0.25) is 0 Å². The summed E-state index contributed by atoms with van der Waals surface area (Å²) >= 11 is 2.97. The maximum absolute atomic E-state index is 14.0. The Morgan fingerprint density at radius 3 is 2.94 bits per heavy atom. The van der Waals surface area contributed by atoms with Crippen LogP contribution in [0.4, 0.5) is 14.5 Å². The number of hydrogen-bond donors (Lipinski definition) is 1. The summed E-state index contributed by atoms with van der Waals surface area (Å²) in [6.45, 7) is 0.809. The Morgan fingerprint density at radius 1 is 1.39 bits per heavy atom. The van der Waals surface area contributed by atoms with E-state index in [-0.39, 0.29) is 27.7 Å². The fraction of sp³-hybridized carbons (Fsp3) is 0.250. The Labute approximate surface area is 110 Å². The van der Waals surface area contributed by atoms with Crippen molar-refractivity contribution in [3.05, 3.63) is 33.4 Å². The highest BCUT2D eigenvalue weighted by Gasteiger charge is 2.22. The predicted molar refractivity (Wildman–Crippen MR) is 67.1 cm³/mol. The third-order valence-electron chi connectivity index (χ3n) is 3.06. The number of hydrogen-bond acceptors (Lipinski definition) is 3. The average Bonchev–Trinajstić information content (AvgIpc) is 2.36. The third-order valence-corrected chi connectivity index (χ3v) is 3.64. The number of fused-ring (bicyclic) bond motifs is 2. The van der Waals surface area contributed by atoms with Gasteiger partial charge in [0, 0.05) is 12.0 Å². The third kappa shape index (κ3) is 1.59. The number of nitrogen functional groups attached to an aromatic ring is 1. The highest BCUT2D eigenvalue weighted by molar-refractivity contribution is 9.10. The second-order valence-electron chi connectivity index (χ2n) is 4.13. The second kappa shape index (κ2) is 4.13. The molecule has 0 amide bonds. The van der Waals surface area contributed by atoms with Crippen molar-refractivity contribution >= 4 is 32.5 Å². The van der Waals surface area contributed by atoms with Gasteiger partial charge in [0.25, 0.3) is 0 Å². The molecular formula is C12H9BrF2N2O. The second-order valence-corrected chi connectivity index (χ2v) is 4.99. The van der Waals surface area contributed by atoms with Gasteiger partial charge in [-0.25, -0.2) is 13.8 Å².